The lowest BCUT2D eigenvalue weighted by molar-refractivity contribution is -0.137. The van der Waals surface area contributed by atoms with Gasteiger partial charge in [0, 0.05) is 43.3 Å². The minimum Gasteiger partial charge on any atom is -0.486 e. The number of aryl methyl sites for hydroxylation is 2. The van der Waals surface area contributed by atoms with E-state index in [2.05, 4.69) is 25.9 Å². The Bertz CT molecular complexity index is 2690. The third-order valence-corrected chi connectivity index (χ3v) is 11.2. The Kier molecular flexibility index (Phi) is 11.1. The molecule has 1 fully saturated rings. The average molecular weight is 810 g/mol. The Morgan fingerprint density at radius 3 is 2.41 bits per heavy atom. The molecule has 1 aliphatic rings. The molecule has 0 aliphatic carbocycles. The first-order valence-electron chi connectivity index (χ1n) is 19.1. The Morgan fingerprint density at radius 1 is 0.898 bits per heavy atom. The molecule has 3 N–H and O–H groups in total. The Labute approximate surface area is 342 Å². The number of carboxylic acid groups (broad SMARTS) is 1. The number of H-pyrrole nitrogens is 1. The molecule has 0 saturated carbocycles. The summed E-state index contributed by atoms with van der Waals surface area (Å²) in [6.07, 6.45) is 1.71. The quantitative estimate of drug-likeness (QED) is 0.0917. The molecule has 0 spiro atoms. The van der Waals surface area contributed by atoms with Crippen LogP contribution in [-0.2, 0) is 49.1 Å². The molecular weight excluding hydrogens is 771 g/mol. The standard InChI is InChI=1S/C43H39N9O6S/c1-3-7-36-45-39(33(18-19-38(53)54)52(36)23-26-12-16-30(27-8-5-4-6-9-27)31(20-26)41-47-49-50-48-41)40(55)28-13-17-32-34(22-28)51(2)37(44-32)24-58-29-14-10-25(11-15-29)21-35-42(56)46-43(57)59-35/h4-6,8-17,20,22,35H,3,7,18-19,21,23-24H2,1-2H3,(H,53,54)(H,46,56,57)(H,47,48,49,50). The molecule has 2 amide bonds. The van der Waals surface area contributed by atoms with Crippen molar-refractivity contribution in [1.29, 1.82) is 0 Å². The number of ketones is 1. The second-order valence-electron chi connectivity index (χ2n) is 14.2. The van der Waals surface area contributed by atoms with Crippen molar-refractivity contribution in [3.05, 3.63) is 131 Å². The lowest BCUT2D eigenvalue weighted by Gasteiger charge is -2.15. The lowest BCUT2D eigenvalue weighted by atomic mass is 9.97. The SMILES string of the molecule is CCCc1nc(C(=O)c2ccc3nc(COc4ccc(CC5SC(=O)NC5=O)cc4)n(C)c3c2)c(CCC(=O)O)n1Cc1ccc(-c2ccccc2)c(-c2nn[nH]n2)c1. The molecule has 15 nitrogen and oxygen atoms in total. The minimum atomic E-state index is -0.975. The normalized spacial score (nSPS) is 13.9. The monoisotopic (exact) mass is 809 g/mol. The third kappa shape index (κ3) is 8.39. The van der Waals surface area contributed by atoms with E-state index in [1.54, 1.807) is 18.2 Å². The predicted molar refractivity (Wildman–Crippen MR) is 220 cm³/mol. The van der Waals surface area contributed by atoms with Gasteiger partial charge in [0.25, 0.3) is 5.24 Å². The molecule has 1 saturated heterocycles. The number of aliphatic carboxylic acids is 1. The van der Waals surface area contributed by atoms with Crippen LogP contribution in [0.1, 0.15) is 64.3 Å². The maximum absolute atomic E-state index is 14.4. The first-order chi connectivity index (χ1) is 28.6. The van der Waals surface area contributed by atoms with Gasteiger partial charge in [-0.25, -0.2) is 9.97 Å². The number of hydrogen-bond donors (Lipinski definition) is 3. The third-order valence-electron chi connectivity index (χ3n) is 10.2. The average Bonchev–Trinajstić information content (AvgIpc) is 4.03. The number of benzene rings is 4. The number of rotatable bonds is 16. The van der Waals surface area contributed by atoms with E-state index in [1.807, 2.05) is 95.9 Å². The predicted octanol–water partition coefficient (Wildman–Crippen LogP) is 6.34. The molecule has 298 valence electrons. The number of amides is 2. The van der Waals surface area contributed by atoms with Crippen LogP contribution in [0.25, 0.3) is 33.5 Å². The van der Waals surface area contributed by atoms with Gasteiger partial charge in [0.1, 0.15) is 29.7 Å². The van der Waals surface area contributed by atoms with Crippen molar-refractivity contribution >= 4 is 45.7 Å². The molecule has 1 atom stereocenters. The van der Waals surface area contributed by atoms with Gasteiger partial charge in [-0.05, 0) is 76.7 Å². The molecule has 1 unspecified atom stereocenters. The van der Waals surface area contributed by atoms with E-state index in [0.717, 1.165) is 51.5 Å². The van der Waals surface area contributed by atoms with Crippen molar-refractivity contribution in [2.24, 2.45) is 7.05 Å². The summed E-state index contributed by atoms with van der Waals surface area (Å²) in [4.78, 5) is 59.5. The summed E-state index contributed by atoms with van der Waals surface area (Å²) in [5.74, 6) is 0.816. The first-order valence-corrected chi connectivity index (χ1v) is 20.0. The molecule has 1 aliphatic heterocycles. The van der Waals surface area contributed by atoms with Crippen LogP contribution in [0.5, 0.6) is 5.75 Å². The summed E-state index contributed by atoms with van der Waals surface area (Å²) < 4.78 is 9.91. The first kappa shape index (κ1) is 38.9. The number of carbonyl (C=O) groups excluding carboxylic acids is 3. The Morgan fingerprint density at radius 2 is 1.69 bits per heavy atom. The molecule has 4 heterocycles. The Hall–Kier alpha value is -6.94. The summed E-state index contributed by atoms with van der Waals surface area (Å²) in [5.41, 5.74) is 7.08. The van der Waals surface area contributed by atoms with Crippen molar-refractivity contribution in [2.75, 3.05) is 0 Å². The van der Waals surface area contributed by atoms with Gasteiger partial charge in [-0.2, -0.15) is 5.21 Å². The highest BCUT2D eigenvalue weighted by molar-refractivity contribution is 8.15. The van der Waals surface area contributed by atoms with Gasteiger partial charge < -0.3 is 19.0 Å². The number of imidazole rings is 2. The molecule has 16 heteroatoms. The van der Waals surface area contributed by atoms with Crippen molar-refractivity contribution in [3.63, 3.8) is 0 Å². The molecule has 8 rings (SSSR count). The van der Waals surface area contributed by atoms with Crippen LogP contribution in [0.4, 0.5) is 4.79 Å². The van der Waals surface area contributed by atoms with E-state index in [1.165, 1.54) is 0 Å². The van der Waals surface area contributed by atoms with Gasteiger partial charge in [0.05, 0.1) is 22.7 Å². The summed E-state index contributed by atoms with van der Waals surface area (Å²) in [6, 6.07) is 28.6. The molecule has 3 aromatic heterocycles. The number of carbonyl (C=O) groups is 4. The zero-order valence-electron chi connectivity index (χ0n) is 32.2. The van der Waals surface area contributed by atoms with E-state index < -0.39 is 11.2 Å². The molecule has 0 bridgehead atoms. The number of fused-ring (bicyclic) bond motifs is 1. The highest BCUT2D eigenvalue weighted by Crippen LogP contribution is 2.32. The van der Waals surface area contributed by atoms with Crippen LogP contribution in [-0.4, -0.2) is 73.0 Å². The fourth-order valence-electron chi connectivity index (χ4n) is 7.26. The number of aromatic amines is 1. The van der Waals surface area contributed by atoms with E-state index in [0.29, 0.717) is 59.4 Å². The molecule has 7 aromatic rings. The number of imide groups is 1. The maximum Gasteiger partial charge on any atom is 0.303 e. The number of nitrogens with zero attached hydrogens (tertiary/aromatic N) is 7. The maximum atomic E-state index is 14.4. The van der Waals surface area contributed by atoms with Gasteiger partial charge in [0.15, 0.2) is 0 Å². The summed E-state index contributed by atoms with van der Waals surface area (Å²) in [5, 5.41) is 26.1. The second kappa shape index (κ2) is 16.9. The minimum absolute atomic E-state index is 0.109. The summed E-state index contributed by atoms with van der Waals surface area (Å²) >= 11 is 0.997. The van der Waals surface area contributed by atoms with E-state index in [9.17, 15) is 24.3 Å². The Balaban J connectivity index is 1.06. The number of nitrogens with one attached hydrogen (secondary N) is 2. The highest BCUT2D eigenvalue weighted by Gasteiger charge is 2.31. The number of thioether (sulfide) groups is 1. The van der Waals surface area contributed by atoms with Crippen molar-refractivity contribution in [2.45, 2.75) is 57.4 Å². The second-order valence-corrected chi connectivity index (χ2v) is 15.3. The van der Waals surface area contributed by atoms with Crippen molar-refractivity contribution in [1.82, 2.24) is 45.0 Å². The summed E-state index contributed by atoms with van der Waals surface area (Å²) in [6.45, 7) is 2.54. The molecule has 59 heavy (non-hydrogen) atoms. The van der Waals surface area contributed by atoms with Crippen LogP contribution in [0.15, 0.2) is 91.0 Å². The van der Waals surface area contributed by atoms with Crippen LogP contribution in [0, 0.1) is 0 Å². The number of tetrazole rings is 1. The van der Waals surface area contributed by atoms with E-state index in [4.69, 9.17) is 14.7 Å². The molecule has 0 radical (unpaired) electrons. The van der Waals surface area contributed by atoms with Gasteiger partial charge in [-0.1, -0.05) is 73.3 Å². The number of carboxylic acids is 1. The van der Waals surface area contributed by atoms with Gasteiger partial charge in [-0.15, -0.1) is 10.2 Å². The number of hydrogen-bond acceptors (Lipinski definition) is 11. The van der Waals surface area contributed by atoms with Gasteiger partial charge in [-0.3, -0.25) is 24.5 Å². The fourth-order valence-corrected chi connectivity index (χ4v) is 8.12. The van der Waals surface area contributed by atoms with Crippen LogP contribution in [0.3, 0.4) is 0 Å². The molecule has 4 aromatic carbocycles. The van der Waals surface area contributed by atoms with Crippen molar-refractivity contribution < 1.29 is 29.0 Å². The lowest BCUT2D eigenvalue weighted by Crippen LogP contribution is -2.25. The zero-order chi connectivity index (χ0) is 41.0. The van der Waals surface area contributed by atoms with Gasteiger partial charge >= 0.3 is 5.97 Å². The van der Waals surface area contributed by atoms with Crippen LogP contribution in [0.2, 0.25) is 0 Å². The number of aromatic nitrogens is 8. The van der Waals surface area contributed by atoms with E-state index >= 15 is 0 Å². The highest BCUT2D eigenvalue weighted by atomic mass is 32.2. The van der Waals surface area contributed by atoms with Gasteiger partial charge in [0.2, 0.25) is 17.5 Å². The number of ether oxygens (including phenoxy) is 1. The van der Waals surface area contributed by atoms with Crippen molar-refractivity contribution in [3.8, 4) is 28.3 Å². The van der Waals surface area contributed by atoms with E-state index in [-0.39, 0.29) is 42.1 Å². The smallest absolute Gasteiger partial charge is 0.303 e. The van der Waals surface area contributed by atoms with Crippen LogP contribution < -0.4 is 10.1 Å². The largest absolute Gasteiger partial charge is 0.486 e. The topological polar surface area (TPSA) is 200 Å². The summed E-state index contributed by atoms with van der Waals surface area (Å²) in [7, 11) is 1.86. The fraction of sp³-hybridized carbons (Fsp3) is 0.233. The van der Waals surface area contributed by atoms with Crippen LogP contribution >= 0.6 is 11.8 Å². The zero-order valence-corrected chi connectivity index (χ0v) is 33.0. The molecular formula is C43H39N9O6S.